The Morgan fingerprint density at radius 1 is 0.923 bits per heavy atom. The summed E-state index contributed by atoms with van der Waals surface area (Å²) in [4.78, 5) is 5.05. The van der Waals surface area contributed by atoms with Crippen molar-refractivity contribution in [1.82, 2.24) is 15.1 Å². The third-order valence-corrected chi connectivity index (χ3v) is 5.46. The van der Waals surface area contributed by atoms with E-state index in [1.807, 2.05) is 12.3 Å². The fourth-order valence-electron chi connectivity index (χ4n) is 3.75. The van der Waals surface area contributed by atoms with Crippen LogP contribution in [0.4, 0.5) is 5.69 Å². The zero-order chi connectivity index (χ0) is 17.9. The van der Waals surface area contributed by atoms with Gasteiger partial charge in [0.1, 0.15) is 0 Å². The number of benzene rings is 2. The van der Waals surface area contributed by atoms with Crippen LogP contribution in [-0.2, 0) is 6.54 Å². The summed E-state index contributed by atoms with van der Waals surface area (Å²) >= 11 is 0. The van der Waals surface area contributed by atoms with Crippen LogP contribution in [0.15, 0.2) is 54.7 Å². The molecule has 1 saturated heterocycles. The normalized spacial score (nSPS) is 15.4. The molecule has 1 N–H and O–H groups in total. The Balaban J connectivity index is 1.42. The van der Waals surface area contributed by atoms with Gasteiger partial charge >= 0.3 is 0 Å². The smallest absolute Gasteiger partial charge is 0.0695 e. The largest absolute Gasteiger partial charge is 0.369 e. The molecule has 4 rings (SSSR count). The molecule has 1 aliphatic heterocycles. The number of aromatic nitrogens is 2. The fourth-order valence-corrected chi connectivity index (χ4v) is 3.75. The molecular weight excluding hydrogens is 320 g/mol. The van der Waals surface area contributed by atoms with E-state index in [4.69, 9.17) is 0 Å². The molecule has 1 fully saturated rings. The SMILES string of the molecule is Cc1cccc(N2CCN(Cc3cn[nH]c3-c3ccccc3)CC2)c1C. The number of hydrogen-bond acceptors (Lipinski definition) is 3. The first-order chi connectivity index (χ1) is 12.7. The Bertz CT molecular complexity index is 861. The van der Waals surface area contributed by atoms with E-state index in [0.717, 1.165) is 38.4 Å². The zero-order valence-electron chi connectivity index (χ0n) is 15.6. The Labute approximate surface area is 155 Å². The Morgan fingerprint density at radius 2 is 1.69 bits per heavy atom. The third kappa shape index (κ3) is 3.37. The van der Waals surface area contributed by atoms with Gasteiger partial charge in [0.15, 0.2) is 0 Å². The molecule has 1 aromatic heterocycles. The lowest BCUT2D eigenvalue weighted by molar-refractivity contribution is 0.250. The molecule has 0 aliphatic carbocycles. The van der Waals surface area contributed by atoms with Crippen molar-refractivity contribution in [2.75, 3.05) is 31.1 Å². The standard InChI is InChI=1S/C22H26N4/c1-17-7-6-10-21(18(17)2)26-13-11-25(12-14-26)16-20-15-23-24-22(20)19-8-4-3-5-9-19/h3-10,15H,11-14,16H2,1-2H3,(H,23,24). The van der Waals surface area contributed by atoms with Crippen LogP contribution in [0.25, 0.3) is 11.3 Å². The summed E-state index contributed by atoms with van der Waals surface area (Å²) < 4.78 is 0. The Morgan fingerprint density at radius 3 is 2.46 bits per heavy atom. The molecule has 0 unspecified atom stereocenters. The minimum absolute atomic E-state index is 0.946. The van der Waals surface area contributed by atoms with E-state index in [2.05, 4.69) is 76.3 Å². The Kier molecular flexibility index (Phi) is 4.76. The van der Waals surface area contributed by atoms with E-state index in [9.17, 15) is 0 Å². The van der Waals surface area contributed by atoms with E-state index in [-0.39, 0.29) is 0 Å². The average Bonchev–Trinajstić information content (AvgIpc) is 3.14. The second kappa shape index (κ2) is 7.34. The third-order valence-electron chi connectivity index (χ3n) is 5.46. The molecule has 0 saturated carbocycles. The molecule has 2 heterocycles. The van der Waals surface area contributed by atoms with Gasteiger partial charge in [0.2, 0.25) is 0 Å². The number of aromatic amines is 1. The predicted molar refractivity (Wildman–Crippen MR) is 107 cm³/mol. The van der Waals surface area contributed by atoms with E-state index in [1.54, 1.807) is 0 Å². The summed E-state index contributed by atoms with van der Waals surface area (Å²) in [5, 5.41) is 7.46. The number of H-pyrrole nitrogens is 1. The van der Waals surface area contributed by atoms with Crippen LogP contribution < -0.4 is 4.90 Å². The molecular formula is C22H26N4. The topological polar surface area (TPSA) is 35.2 Å². The Hall–Kier alpha value is -2.59. The van der Waals surface area contributed by atoms with Gasteiger partial charge in [-0.05, 0) is 36.6 Å². The minimum atomic E-state index is 0.946. The highest BCUT2D eigenvalue weighted by molar-refractivity contribution is 5.62. The van der Waals surface area contributed by atoms with Gasteiger partial charge in [-0.2, -0.15) is 5.10 Å². The molecule has 0 radical (unpaired) electrons. The second-order valence-electron chi connectivity index (χ2n) is 7.12. The first-order valence-corrected chi connectivity index (χ1v) is 9.33. The maximum Gasteiger partial charge on any atom is 0.0695 e. The maximum atomic E-state index is 4.29. The first kappa shape index (κ1) is 16.9. The van der Waals surface area contributed by atoms with Gasteiger partial charge in [-0.25, -0.2) is 0 Å². The monoisotopic (exact) mass is 346 g/mol. The van der Waals surface area contributed by atoms with Crippen molar-refractivity contribution in [2.45, 2.75) is 20.4 Å². The van der Waals surface area contributed by atoms with Crippen LogP contribution in [0, 0.1) is 13.8 Å². The van der Waals surface area contributed by atoms with Crippen molar-refractivity contribution in [3.8, 4) is 11.3 Å². The molecule has 0 bridgehead atoms. The van der Waals surface area contributed by atoms with Crippen LogP contribution >= 0.6 is 0 Å². The van der Waals surface area contributed by atoms with E-state index in [1.165, 1.54) is 27.9 Å². The lowest BCUT2D eigenvalue weighted by Crippen LogP contribution is -2.46. The van der Waals surface area contributed by atoms with Crippen LogP contribution in [0.1, 0.15) is 16.7 Å². The molecule has 3 aromatic rings. The van der Waals surface area contributed by atoms with Crippen molar-refractivity contribution in [3.63, 3.8) is 0 Å². The second-order valence-corrected chi connectivity index (χ2v) is 7.12. The van der Waals surface area contributed by atoms with Gasteiger partial charge < -0.3 is 4.90 Å². The van der Waals surface area contributed by atoms with Crippen molar-refractivity contribution >= 4 is 5.69 Å². The van der Waals surface area contributed by atoms with Crippen molar-refractivity contribution in [1.29, 1.82) is 0 Å². The van der Waals surface area contributed by atoms with Crippen molar-refractivity contribution in [3.05, 3.63) is 71.4 Å². The molecule has 4 heteroatoms. The number of nitrogens with zero attached hydrogens (tertiary/aromatic N) is 3. The summed E-state index contributed by atoms with van der Waals surface area (Å²) in [6, 6.07) is 17.1. The number of nitrogens with one attached hydrogen (secondary N) is 1. The summed E-state index contributed by atoms with van der Waals surface area (Å²) in [6.07, 6.45) is 1.97. The molecule has 0 spiro atoms. The lowest BCUT2D eigenvalue weighted by Gasteiger charge is -2.37. The summed E-state index contributed by atoms with van der Waals surface area (Å²) in [7, 11) is 0. The molecule has 4 nitrogen and oxygen atoms in total. The van der Waals surface area contributed by atoms with Crippen LogP contribution in [-0.4, -0.2) is 41.3 Å². The summed E-state index contributed by atoms with van der Waals surface area (Å²) in [5.74, 6) is 0. The van der Waals surface area contributed by atoms with Crippen molar-refractivity contribution < 1.29 is 0 Å². The van der Waals surface area contributed by atoms with Crippen molar-refractivity contribution in [2.24, 2.45) is 0 Å². The van der Waals surface area contributed by atoms with E-state index in [0.29, 0.717) is 0 Å². The molecule has 1 aliphatic rings. The van der Waals surface area contributed by atoms with E-state index < -0.39 is 0 Å². The van der Waals surface area contributed by atoms with Crippen LogP contribution in [0.3, 0.4) is 0 Å². The predicted octanol–water partition coefficient (Wildman–Crippen LogP) is 4.02. The minimum Gasteiger partial charge on any atom is -0.369 e. The number of piperazine rings is 1. The molecule has 0 amide bonds. The fraction of sp³-hybridized carbons (Fsp3) is 0.318. The quantitative estimate of drug-likeness (QED) is 0.775. The number of rotatable bonds is 4. The van der Waals surface area contributed by atoms with Gasteiger partial charge in [0.05, 0.1) is 11.9 Å². The lowest BCUT2D eigenvalue weighted by atomic mass is 10.1. The highest BCUT2D eigenvalue weighted by Gasteiger charge is 2.20. The van der Waals surface area contributed by atoms with Gasteiger partial charge in [0, 0.05) is 44.0 Å². The summed E-state index contributed by atoms with van der Waals surface area (Å²) in [5.41, 5.74) is 7.78. The maximum absolute atomic E-state index is 4.29. The zero-order valence-corrected chi connectivity index (χ0v) is 15.6. The highest BCUT2D eigenvalue weighted by atomic mass is 15.3. The highest BCUT2D eigenvalue weighted by Crippen LogP contribution is 2.25. The van der Waals surface area contributed by atoms with Gasteiger partial charge in [-0.15, -0.1) is 0 Å². The molecule has 134 valence electrons. The average molecular weight is 346 g/mol. The summed E-state index contributed by atoms with van der Waals surface area (Å²) in [6.45, 7) is 9.67. The molecule has 0 atom stereocenters. The number of aryl methyl sites for hydroxylation is 1. The van der Waals surface area contributed by atoms with E-state index >= 15 is 0 Å². The number of anilines is 1. The number of hydrogen-bond donors (Lipinski definition) is 1. The van der Waals surface area contributed by atoms with Gasteiger partial charge in [-0.1, -0.05) is 42.5 Å². The molecule has 2 aromatic carbocycles. The van der Waals surface area contributed by atoms with Crippen LogP contribution in [0.5, 0.6) is 0 Å². The van der Waals surface area contributed by atoms with Gasteiger partial charge in [-0.3, -0.25) is 10.00 Å². The molecule has 26 heavy (non-hydrogen) atoms. The van der Waals surface area contributed by atoms with Gasteiger partial charge in [0.25, 0.3) is 0 Å². The van der Waals surface area contributed by atoms with Crippen LogP contribution in [0.2, 0.25) is 0 Å². The first-order valence-electron chi connectivity index (χ1n) is 9.33.